The fraction of sp³-hybridized carbons (Fsp3) is 0.462. The molecule has 0 radical (unpaired) electrons. The molecule has 0 spiro atoms. The van der Waals surface area contributed by atoms with Crippen molar-refractivity contribution in [2.24, 2.45) is 11.1 Å². The summed E-state index contributed by atoms with van der Waals surface area (Å²) < 4.78 is 36.1. The highest BCUT2D eigenvalue weighted by Gasteiger charge is 2.20. The second-order valence-electron chi connectivity index (χ2n) is 4.99. The Kier molecular flexibility index (Phi) is 5.23. The molecule has 5 nitrogen and oxygen atoms in total. The third-order valence-electron chi connectivity index (χ3n) is 3.34. The van der Waals surface area contributed by atoms with Crippen molar-refractivity contribution < 1.29 is 17.6 Å². The summed E-state index contributed by atoms with van der Waals surface area (Å²) in [6, 6.07) is 3.01. The Balaban J connectivity index is 2.11. The van der Waals surface area contributed by atoms with Gasteiger partial charge in [0.2, 0.25) is 15.9 Å². The smallest absolute Gasteiger partial charge is 0.240 e. The van der Waals surface area contributed by atoms with Crippen molar-refractivity contribution in [2.45, 2.75) is 24.2 Å². The number of nitrogens with one attached hydrogen (secondary N) is 1. The van der Waals surface area contributed by atoms with E-state index in [9.17, 15) is 17.6 Å². The van der Waals surface area contributed by atoms with Crippen molar-refractivity contribution in [1.82, 2.24) is 0 Å². The lowest BCUT2D eigenvalue weighted by molar-refractivity contribution is -0.117. The van der Waals surface area contributed by atoms with Crippen LogP contribution >= 0.6 is 11.8 Å². The monoisotopic (exact) mass is 332 g/mol. The minimum Gasteiger partial charge on any atom is -0.325 e. The molecule has 3 N–H and O–H groups in total. The minimum atomic E-state index is -4.01. The number of benzene rings is 1. The summed E-state index contributed by atoms with van der Waals surface area (Å²) >= 11 is 1.86. The zero-order valence-corrected chi connectivity index (χ0v) is 13.0. The summed E-state index contributed by atoms with van der Waals surface area (Å²) in [7, 11) is -4.01. The van der Waals surface area contributed by atoms with Gasteiger partial charge in [-0.25, -0.2) is 17.9 Å². The fourth-order valence-electron chi connectivity index (χ4n) is 2.26. The summed E-state index contributed by atoms with van der Waals surface area (Å²) in [5.41, 5.74) is -0.104. The van der Waals surface area contributed by atoms with Crippen LogP contribution in [-0.4, -0.2) is 25.8 Å². The number of primary sulfonamides is 1. The second kappa shape index (κ2) is 6.76. The molecule has 1 heterocycles. The molecular formula is C13H17FN2O3S2. The first-order chi connectivity index (χ1) is 9.86. The topological polar surface area (TPSA) is 89.3 Å². The molecule has 1 fully saturated rings. The van der Waals surface area contributed by atoms with Gasteiger partial charge in [0, 0.05) is 6.42 Å². The maximum Gasteiger partial charge on any atom is 0.240 e. The van der Waals surface area contributed by atoms with Gasteiger partial charge in [0.1, 0.15) is 10.7 Å². The maximum absolute atomic E-state index is 13.3. The SMILES string of the molecule is NS(=O)(=O)c1ccc(F)cc1NC(=O)CC1CCSCC1. The highest BCUT2D eigenvalue weighted by molar-refractivity contribution is 7.99. The molecule has 1 saturated heterocycles. The molecule has 1 aromatic carbocycles. The number of carbonyl (C=O) groups is 1. The van der Waals surface area contributed by atoms with E-state index in [1.165, 1.54) is 0 Å². The largest absolute Gasteiger partial charge is 0.325 e. The highest BCUT2D eigenvalue weighted by Crippen LogP contribution is 2.26. The van der Waals surface area contributed by atoms with Gasteiger partial charge in [-0.2, -0.15) is 11.8 Å². The van der Waals surface area contributed by atoms with Crippen LogP contribution in [0.2, 0.25) is 0 Å². The zero-order chi connectivity index (χ0) is 15.5. The molecule has 1 aromatic rings. The van der Waals surface area contributed by atoms with Crippen molar-refractivity contribution >= 4 is 33.4 Å². The normalized spacial score (nSPS) is 16.7. The Labute approximate surface area is 127 Å². The van der Waals surface area contributed by atoms with Crippen LogP contribution < -0.4 is 10.5 Å². The summed E-state index contributed by atoms with van der Waals surface area (Å²) in [5, 5.41) is 7.52. The van der Waals surface area contributed by atoms with E-state index in [-0.39, 0.29) is 22.4 Å². The first-order valence-electron chi connectivity index (χ1n) is 6.56. The predicted molar refractivity (Wildman–Crippen MR) is 81.1 cm³/mol. The minimum absolute atomic E-state index is 0.104. The maximum atomic E-state index is 13.3. The Hall–Kier alpha value is -1.12. The predicted octanol–water partition coefficient (Wildman–Crippen LogP) is 1.94. The number of thioether (sulfide) groups is 1. The number of hydrogen-bond donors (Lipinski definition) is 2. The highest BCUT2D eigenvalue weighted by atomic mass is 32.2. The molecule has 21 heavy (non-hydrogen) atoms. The van der Waals surface area contributed by atoms with Gasteiger partial charge in [-0.05, 0) is 48.5 Å². The van der Waals surface area contributed by atoms with Crippen molar-refractivity contribution in [3.05, 3.63) is 24.0 Å². The number of amides is 1. The summed E-state index contributed by atoms with van der Waals surface area (Å²) in [5.74, 6) is 1.40. The van der Waals surface area contributed by atoms with Crippen LogP contribution in [-0.2, 0) is 14.8 Å². The van der Waals surface area contributed by atoms with Gasteiger partial charge in [-0.15, -0.1) is 0 Å². The molecule has 0 aromatic heterocycles. The first-order valence-corrected chi connectivity index (χ1v) is 9.26. The van der Waals surface area contributed by atoms with Crippen LogP contribution in [0.5, 0.6) is 0 Å². The average Bonchev–Trinajstić information content (AvgIpc) is 2.38. The van der Waals surface area contributed by atoms with Crippen LogP contribution in [0.4, 0.5) is 10.1 Å². The molecule has 116 valence electrons. The van der Waals surface area contributed by atoms with E-state index in [0.717, 1.165) is 42.5 Å². The number of halogens is 1. The zero-order valence-electron chi connectivity index (χ0n) is 11.3. The van der Waals surface area contributed by atoms with Crippen LogP contribution in [0, 0.1) is 11.7 Å². The summed E-state index contributed by atoms with van der Waals surface area (Å²) in [6.45, 7) is 0. The van der Waals surface area contributed by atoms with E-state index in [0.29, 0.717) is 6.42 Å². The van der Waals surface area contributed by atoms with Gasteiger partial charge in [0.25, 0.3) is 0 Å². The Bertz CT molecular complexity index is 628. The van der Waals surface area contributed by atoms with Crippen molar-refractivity contribution in [1.29, 1.82) is 0 Å². The fourth-order valence-corrected chi connectivity index (χ4v) is 4.14. The van der Waals surface area contributed by atoms with Gasteiger partial charge in [-0.3, -0.25) is 4.79 Å². The first kappa shape index (κ1) is 16.3. The van der Waals surface area contributed by atoms with Crippen LogP contribution in [0.15, 0.2) is 23.1 Å². The molecule has 0 unspecified atom stereocenters. The van der Waals surface area contributed by atoms with Crippen LogP contribution in [0.3, 0.4) is 0 Å². The molecule has 1 aliphatic rings. The number of carbonyl (C=O) groups excluding carboxylic acids is 1. The lowest BCUT2D eigenvalue weighted by Gasteiger charge is -2.20. The summed E-state index contributed by atoms with van der Waals surface area (Å²) in [6.07, 6.45) is 2.23. The van der Waals surface area contributed by atoms with Gasteiger partial charge in [-0.1, -0.05) is 0 Å². The van der Waals surface area contributed by atoms with E-state index in [1.54, 1.807) is 0 Å². The average molecular weight is 332 g/mol. The third kappa shape index (κ3) is 4.69. The molecule has 0 saturated carbocycles. The molecule has 0 bridgehead atoms. The number of nitrogens with two attached hydrogens (primary N) is 1. The molecule has 1 amide bonds. The molecular weight excluding hydrogens is 315 g/mol. The van der Waals surface area contributed by atoms with Crippen molar-refractivity contribution in [3.63, 3.8) is 0 Å². The van der Waals surface area contributed by atoms with Crippen molar-refractivity contribution in [2.75, 3.05) is 16.8 Å². The van der Waals surface area contributed by atoms with Crippen molar-refractivity contribution in [3.8, 4) is 0 Å². The van der Waals surface area contributed by atoms with Crippen LogP contribution in [0.25, 0.3) is 0 Å². The van der Waals surface area contributed by atoms with E-state index in [2.05, 4.69) is 5.32 Å². The number of rotatable bonds is 4. The standard InChI is InChI=1S/C13H17FN2O3S2/c14-10-1-2-12(21(15,18)19)11(8-10)16-13(17)7-9-3-5-20-6-4-9/h1-2,8-9H,3-7H2,(H,16,17)(H2,15,18,19). The van der Waals surface area contributed by atoms with Gasteiger partial charge >= 0.3 is 0 Å². The van der Waals surface area contributed by atoms with Gasteiger partial charge in [0.05, 0.1) is 5.69 Å². The summed E-state index contributed by atoms with van der Waals surface area (Å²) in [4.78, 5) is 11.7. The molecule has 8 heteroatoms. The number of hydrogen-bond acceptors (Lipinski definition) is 4. The lowest BCUT2D eigenvalue weighted by Crippen LogP contribution is -2.22. The Morgan fingerprint density at radius 3 is 2.67 bits per heavy atom. The van der Waals surface area contributed by atoms with Gasteiger partial charge in [0.15, 0.2) is 0 Å². The Morgan fingerprint density at radius 2 is 2.05 bits per heavy atom. The molecule has 2 rings (SSSR count). The van der Waals surface area contributed by atoms with E-state index < -0.39 is 15.8 Å². The molecule has 0 aliphatic carbocycles. The van der Waals surface area contributed by atoms with Gasteiger partial charge < -0.3 is 5.32 Å². The lowest BCUT2D eigenvalue weighted by atomic mass is 9.98. The van der Waals surface area contributed by atoms with Crippen LogP contribution in [0.1, 0.15) is 19.3 Å². The van der Waals surface area contributed by atoms with E-state index >= 15 is 0 Å². The number of sulfonamides is 1. The second-order valence-corrected chi connectivity index (χ2v) is 7.75. The molecule has 0 atom stereocenters. The van der Waals surface area contributed by atoms with E-state index in [1.807, 2.05) is 11.8 Å². The third-order valence-corrected chi connectivity index (χ3v) is 5.35. The quantitative estimate of drug-likeness (QED) is 0.882. The number of anilines is 1. The van der Waals surface area contributed by atoms with E-state index in [4.69, 9.17) is 5.14 Å². The Morgan fingerprint density at radius 1 is 1.38 bits per heavy atom. The molecule has 1 aliphatic heterocycles.